The zero-order valence-corrected chi connectivity index (χ0v) is 17.1. The highest BCUT2D eigenvalue weighted by atomic mass is 32.2. The van der Waals surface area contributed by atoms with Crippen molar-refractivity contribution in [3.05, 3.63) is 39.3 Å². The molecule has 0 aliphatic rings. The van der Waals surface area contributed by atoms with E-state index in [0.29, 0.717) is 19.4 Å². The van der Waals surface area contributed by atoms with Gasteiger partial charge < -0.3 is 10.2 Å². The number of nitrogens with one attached hydrogen (secondary N) is 1. The minimum absolute atomic E-state index is 0.0659. The van der Waals surface area contributed by atoms with Gasteiger partial charge in [0.05, 0.1) is 6.04 Å². The summed E-state index contributed by atoms with van der Waals surface area (Å²) in [5.41, 5.74) is 3.01. The second kappa shape index (κ2) is 9.31. The number of amides is 1. The number of hydrogen-bond acceptors (Lipinski definition) is 6. The van der Waals surface area contributed by atoms with Crippen molar-refractivity contribution in [3.63, 3.8) is 0 Å². The number of carbonyl (C=O) groups excluding carboxylic acids is 1. The van der Waals surface area contributed by atoms with Gasteiger partial charge in [-0.1, -0.05) is 17.8 Å². The Labute approximate surface area is 158 Å². The number of aryl methyl sites for hydroxylation is 2. The van der Waals surface area contributed by atoms with Gasteiger partial charge in [-0.2, -0.15) is 0 Å². The lowest BCUT2D eigenvalue weighted by Gasteiger charge is -2.23. The van der Waals surface area contributed by atoms with Crippen LogP contribution in [0.15, 0.2) is 22.7 Å². The Kier molecular flexibility index (Phi) is 7.40. The fraction of sp³-hybridized carbons (Fsp3) is 0.500. The van der Waals surface area contributed by atoms with E-state index in [4.69, 9.17) is 0 Å². The van der Waals surface area contributed by atoms with Gasteiger partial charge in [0.25, 0.3) is 0 Å². The second-order valence-corrected chi connectivity index (χ2v) is 7.91. The number of rotatable bonds is 8. The van der Waals surface area contributed by atoms with E-state index in [1.807, 2.05) is 40.3 Å². The first kappa shape index (κ1) is 19.9. The van der Waals surface area contributed by atoms with E-state index in [0.717, 1.165) is 22.1 Å². The Bertz CT molecular complexity index is 678. The highest BCUT2D eigenvalue weighted by Gasteiger charge is 2.16. The third-order valence-corrected chi connectivity index (χ3v) is 5.69. The van der Waals surface area contributed by atoms with E-state index in [9.17, 15) is 4.79 Å². The predicted molar refractivity (Wildman–Crippen MR) is 105 cm³/mol. The summed E-state index contributed by atoms with van der Waals surface area (Å²) in [7, 11) is 4.07. The number of aromatic nitrogens is 2. The Morgan fingerprint density at radius 1 is 1.32 bits per heavy atom. The minimum atomic E-state index is 0.0659. The average Bonchev–Trinajstić information content (AvgIpc) is 3.07. The minimum Gasteiger partial charge on any atom is -0.354 e. The molecule has 0 fully saturated rings. The number of carbonyl (C=O) groups is 1. The molecule has 136 valence electrons. The van der Waals surface area contributed by atoms with Crippen molar-refractivity contribution in [2.75, 3.05) is 26.9 Å². The molecule has 1 N–H and O–H groups in total. The number of thioether (sulfide) groups is 1. The first-order chi connectivity index (χ1) is 11.9. The summed E-state index contributed by atoms with van der Waals surface area (Å²) in [6.45, 7) is 4.59. The van der Waals surface area contributed by atoms with Crippen molar-refractivity contribution >= 4 is 29.0 Å². The van der Waals surface area contributed by atoms with Gasteiger partial charge in [0.15, 0.2) is 5.16 Å². The highest BCUT2D eigenvalue weighted by Crippen LogP contribution is 2.22. The van der Waals surface area contributed by atoms with E-state index in [1.165, 1.54) is 16.6 Å². The van der Waals surface area contributed by atoms with Crippen LogP contribution in [0.1, 0.15) is 34.3 Å². The average molecular weight is 379 g/mol. The number of thiophene rings is 1. The summed E-state index contributed by atoms with van der Waals surface area (Å²) in [5.74, 6) is 0.0659. The predicted octanol–water partition coefficient (Wildman–Crippen LogP) is 3.23. The van der Waals surface area contributed by atoms with Gasteiger partial charge in [0, 0.05) is 29.2 Å². The molecule has 25 heavy (non-hydrogen) atoms. The van der Waals surface area contributed by atoms with Crippen molar-refractivity contribution in [1.82, 2.24) is 20.2 Å². The zero-order chi connectivity index (χ0) is 18.4. The van der Waals surface area contributed by atoms with Crippen molar-refractivity contribution < 1.29 is 4.79 Å². The molecule has 0 saturated carbocycles. The second-order valence-electron chi connectivity index (χ2n) is 6.16. The quantitative estimate of drug-likeness (QED) is 0.564. The molecule has 2 aromatic heterocycles. The normalized spacial score (nSPS) is 12.4. The van der Waals surface area contributed by atoms with Crippen LogP contribution in [0.3, 0.4) is 0 Å². The lowest BCUT2D eigenvalue weighted by atomic mass is 10.1. The first-order valence-electron chi connectivity index (χ1n) is 8.27. The number of hydrogen-bond donors (Lipinski definition) is 1. The van der Waals surface area contributed by atoms with Crippen LogP contribution in [-0.2, 0) is 11.2 Å². The standard InChI is InChI=1S/C18H26N4OS2/c1-12-14(13(2)21-18(20-12)24-5)8-9-17(23)19-11-15(22(3)4)16-7-6-10-25-16/h6-7,10,15H,8-9,11H2,1-5H3,(H,19,23). The van der Waals surface area contributed by atoms with Gasteiger partial charge in [0.2, 0.25) is 5.91 Å². The van der Waals surface area contributed by atoms with Crippen molar-refractivity contribution in [3.8, 4) is 0 Å². The Morgan fingerprint density at radius 2 is 2.00 bits per heavy atom. The molecule has 0 radical (unpaired) electrons. The molecule has 2 heterocycles. The van der Waals surface area contributed by atoms with Gasteiger partial charge in [0.1, 0.15) is 0 Å². The van der Waals surface area contributed by atoms with Gasteiger partial charge in [-0.15, -0.1) is 11.3 Å². The molecule has 0 saturated heterocycles. The lowest BCUT2D eigenvalue weighted by Crippen LogP contribution is -2.34. The topological polar surface area (TPSA) is 58.1 Å². The largest absolute Gasteiger partial charge is 0.354 e. The molecule has 5 nitrogen and oxygen atoms in total. The number of nitrogens with zero attached hydrogens (tertiary/aromatic N) is 3. The van der Waals surface area contributed by atoms with Crippen LogP contribution in [0.5, 0.6) is 0 Å². The third kappa shape index (κ3) is 5.52. The van der Waals surface area contributed by atoms with Crippen LogP contribution in [0.2, 0.25) is 0 Å². The van der Waals surface area contributed by atoms with Crippen molar-refractivity contribution in [2.45, 2.75) is 37.9 Å². The maximum Gasteiger partial charge on any atom is 0.220 e. The maximum atomic E-state index is 12.3. The van der Waals surface area contributed by atoms with Gasteiger partial charge in [-0.25, -0.2) is 9.97 Å². The highest BCUT2D eigenvalue weighted by molar-refractivity contribution is 7.98. The molecule has 0 spiro atoms. The summed E-state index contributed by atoms with van der Waals surface area (Å²) in [5, 5.41) is 5.92. The molecule has 1 amide bonds. The maximum absolute atomic E-state index is 12.3. The van der Waals surface area contributed by atoms with Crippen LogP contribution in [0.4, 0.5) is 0 Å². The molecule has 7 heteroatoms. The monoisotopic (exact) mass is 378 g/mol. The molecule has 0 aliphatic heterocycles. The van der Waals surface area contributed by atoms with Gasteiger partial charge in [-0.3, -0.25) is 4.79 Å². The first-order valence-corrected chi connectivity index (χ1v) is 10.4. The molecular formula is C18H26N4OS2. The van der Waals surface area contributed by atoms with E-state index in [-0.39, 0.29) is 11.9 Å². The Balaban J connectivity index is 1.91. The summed E-state index contributed by atoms with van der Waals surface area (Å²) < 4.78 is 0. The van der Waals surface area contributed by atoms with Crippen molar-refractivity contribution in [1.29, 1.82) is 0 Å². The Morgan fingerprint density at radius 3 is 2.52 bits per heavy atom. The summed E-state index contributed by atoms with van der Waals surface area (Å²) in [6, 6.07) is 4.36. The smallest absolute Gasteiger partial charge is 0.220 e. The third-order valence-electron chi connectivity index (χ3n) is 4.17. The van der Waals surface area contributed by atoms with E-state index >= 15 is 0 Å². The molecule has 2 aromatic rings. The SMILES string of the molecule is CSc1nc(C)c(CCC(=O)NCC(c2cccs2)N(C)C)c(C)n1. The molecular weight excluding hydrogens is 352 g/mol. The van der Waals surface area contributed by atoms with Crippen LogP contribution in [-0.4, -0.2) is 47.7 Å². The van der Waals surface area contributed by atoms with E-state index in [1.54, 1.807) is 11.3 Å². The molecule has 1 atom stereocenters. The Hall–Kier alpha value is -1.44. The van der Waals surface area contributed by atoms with Crippen LogP contribution in [0.25, 0.3) is 0 Å². The lowest BCUT2D eigenvalue weighted by molar-refractivity contribution is -0.121. The van der Waals surface area contributed by atoms with Crippen LogP contribution >= 0.6 is 23.1 Å². The van der Waals surface area contributed by atoms with E-state index < -0.39 is 0 Å². The molecule has 1 unspecified atom stereocenters. The molecule has 2 rings (SSSR count). The zero-order valence-electron chi connectivity index (χ0n) is 15.5. The fourth-order valence-corrected chi connectivity index (χ4v) is 4.10. The van der Waals surface area contributed by atoms with Crippen LogP contribution < -0.4 is 5.32 Å². The fourth-order valence-electron chi connectivity index (χ4n) is 2.72. The number of likely N-dealkylation sites (N-methyl/N-ethyl adjacent to an activating group) is 1. The van der Waals surface area contributed by atoms with Crippen LogP contribution in [0, 0.1) is 13.8 Å². The van der Waals surface area contributed by atoms with Gasteiger partial charge in [-0.05, 0) is 57.6 Å². The summed E-state index contributed by atoms with van der Waals surface area (Å²) in [6.07, 6.45) is 3.09. The molecule has 0 aliphatic carbocycles. The van der Waals surface area contributed by atoms with E-state index in [2.05, 4.69) is 31.6 Å². The van der Waals surface area contributed by atoms with Crippen molar-refractivity contribution in [2.24, 2.45) is 0 Å². The molecule has 0 aromatic carbocycles. The summed E-state index contributed by atoms with van der Waals surface area (Å²) >= 11 is 3.25. The summed E-state index contributed by atoms with van der Waals surface area (Å²) in [4.78, 5) is 24.6. The van der Waals surface area contributed by atoms with Gasteiger partial charge >= 0.3 is 0 Å². The molecule has 0 bridgehead atoms.